The van der Waals surface area contributed by atoms with Gasteiger partial charge in [0.2, 0.25) is 5.91 Å². The van der Waals surface area contributed by atoms with E-state index in [0.717, 1.165) is 11.1 Å². The fourth-order valence-electron chi connectivity index (χ4n) is 2.89. The molecule has 0 fully saturated rings. The van der Waals surface area contributed by atoms with Crippen molar-refractivity contribution in [3.63, 3.8) is 0 Å². The van der Waals surface area contributed by atoms with Crippen LogP contribution in [0.4, 0.5) is 11.4 Å². The lowest BCUT2D eigenvalue weighted by Gasteiger charge is -2.16. The van der Waals surface area contributed by atoms with Crippen molar-refractivity contribution in [2.45, 2.75) is 13.8 Å². The van der Waals surface area contributed by atoms with Gasteiger partial charge < -0.3 is 10.2 Å². The second kappa shape index (κ2) is 8.56. The molecule has 0 aliphatic heterocycles. The molecule has 0 atom stereocenters. The normalized spacial score (nSPS) is 10.5. The summed E-state index contributed by atoms with van der Waals surface area (Å²) in [5, 5.41) is 17.9. The number of rotatable bonds is 6. The van der Waals surface area contributed by atoms with Gasteiger partial charge in [-0.25, -0.2) is 4.68 Å². The minimum absolute atomic E-state index is 0.0730. The zero-order chi connectivity index (χ0) is 21.8. The maximum atomic E-state index is 12.6. The molecule has 9 heteroatoms. The average Bonchev–Trinajstić information content (AvgIpc) is 3.21. The van der Waals surface area contributed by atoms with Crippen LogP contribution in [-0.2, 0) is 4.79 Å². The van der Waals surface area contributed by atoms with E-state index < -0.39 is 10.8 Å². The van der Waals surface area contributed by atoms with E-state index in [2.05, 4.69) is 10.4 Å². The molecule has 154 valence electrons. The Morgan fingerprint density at radius 2 is 1.90 bits per heavy atom. The Balaban J connectivity index is 1.68. The van der Waals surface area contributed by atoms with Gasteiger partial charge in [0.1, 0.15) is 0 Å². The molecule has 30 heavy (non-hydrogen) atoms. The van der Waals surface area contributed by atoms with Crippen LogP contribution in [0.25, 0.3) is 5.69 Å². The molecular weight excluding hydrogens is 386 g/mol. The summed E-state index contributed by atoms with van der Waals surface area (Å²) in [4.78, 5) is 36.7. The van der Waals surface area contributed by atoms with Gasteiger partial charge in [0.05, 0.1) is 17.2 Å². The standard InChI is InChI=1S/C21H21N5O4/c1-14-6-4-9-18(15(14)2)22-20(27)13-24(3)21(28)19-10-11-25(23-19)16-7-5-8-17(12-16)26(29)30/h4-12H,13H2,1-3H3,(H,22,27). The molecule has 0 bridgehead atoms. The van der Waals surface area contributed by atoms with Crippen LogP contribution in [-0.4, -0.2) is 45.0 Å². The van der Waals surface area contributed by atoms with Gasteiger partial charge >= 0.3 is 0 Å². The summed E-state index contributed by atoms with van der Waals surface area (Å²) in [6.07, 6.45) is 1.54. The quantitative estimate of drug-likeness (QED) is 0.499. The van der Waals surface area contributed by atoms with Crippen molar-refractivity contribution >= 4 is 23.2 Å². The summed E-state index contributed by atoms with van der Waals surface area (Å²) in [5.74, 6) is -0.757. The SMILES string of the molecule is Cc1cccc(NC(=O)CN(C)C(=O)c2ccn(-c3cccc([N+](=O)[O-])c3)n2)c1C. The van der Waals surface area contributed by atoms with Gasteiger partial charge in [0.25, 0.3) is 11.6 Å². The monoisotopic (exact) mass is 407 g/mol. The summed E-state index contributed by atoms with van der Waals surface area (Å²) >= 11 is 0. The number of nitro benzene ring substituents is 1. The second-order valence-corrected chi connectivity index (χ2v) is 6.88. The molecule has 0 aliphatic rings. The molecule has 0 radical (unpaired) electrons. The molecule has 1 N–H and O–H groups in total. The highest BCUT2D eigenvalue weighted by Crippen LogP contribution is 2.18. The fraction of sp³-hybridized carbons (Fsp3) is 0.190. The van der Waals surface area contributed by atoms with Crippen molar-refractivity contribution in [3.05, 3.63) is 81.7 Å². The lowest BCUT2D eigenvalue weighted by molar-refractivity contribution is -0.384. The first-order valence-electron chi connectivity index (χ1n) is 9.18. The van der Waals surface area contributed by atoms with Crippen LogP contribution in [0.1, 0.15) is 21.6 Å². The predicted molar refractivity (Wildman–Crippen MR) is 112 cm³/mol. The molecule has 2 amide bonds. The average molecular weight is 407 g/mol. The maximum absolute atomic E-state index is 12.6. The molecule has 3 aromatic rings. The number of hydrogen-bond acceptors (Lipinski definition) is 5. The number of carbonyl (C=O) groups excluding carboxylic acids is 2. The third-order valence-corrected chi connectivity index (χ3v) is 4.72. The number of benzene rings is 2. The van der Waals surface area contributed by atoms with Gasteiger partial charge in [-0.15, -0.1) is 0 Å². The van der Waals surface area contributed by atoms with Crippen LogP contribution in [0.3, 0.4) is 0 Å². The van der Waals surface area contributed by atoms with Gasteiger partial charge in [-0.2, -0.15) is 5.10 Å². The maximum Gasteiger partial charge on any atom is 0.274 e. The van der Waals surface area contributed by atoms with E-state index in [-0.39, 0.29) is 23.8 Å². The van der Waals surface area contributed by atoms with Crippen LogP contribution < -0.4 is 5.32 Å². The third kappa shape index (κ3) is 4.52. The van der Waals surface area contributed by atoms with E-state index >= 15 is 0 Å². The van der Waals surface area contributed by atoms with Crippen LogP contribution >= 0.6 is 0 Å². The summed E-state index contributed by atoms with van der Waals surface area (Å²) in [6.45, 7) is 3.73. The van der Waals surface area contributed by atoms with Crippen molar-refractivity contribution in [2.75, 3.05) is 18.9 Å². The smallest absolute Gasteiger partial charge is 0.274 e. The van der Waals surface area contributed by atoms with Gasteiger partial charge in [0, 0.05) is 31.1 Å². The van der Waals surface area contributed by atoms with Crippen molar-refractivity contribution in [1.82, 2.24) is 14.7 Å². The Bertz CT molecular complexity index is 1120. The van der Waals surface area contributed by atoms with Gasteiger partial charge in [-0.05, 0) is 43.2 Å². The second-order valence-electron chi connectivity index (χ2n) is 6.88. The third-order valence-electron chi connectivity index (χ3n) is 4.72. The van der Waals surface area contributed by atoms with E-state index in [4.69, 9.17) is 0 Å². The van der Waals surface area contributed by atoms with Crippen LogP contribution in [0.5, 0.6) is 0 Å². The molecule has 0 unspecified atom stereocenters. The Morgan fingerprint density at radius 3 is 2.63 bits per heavy atom. The van der Waals surface area contributed by atoms with E-state index in [1.807, 2.05) is 32.0 Å². The summed E-state index contributed by atoms with van der Waals surface area (Å²) < 4.78 is 1.38. The van der Waals surface area contributed by atoms with Crippen molar-refractivity contribution in [3.8, 4) is 5.69 Å². The first-order chi connectivity index (χ1) is 14.3. The number of amides is 2. The highest BCUT2D eigenvalue weighted by atomic mass is 16.6. The molecule has 3 rings (SSSR count). The Hall–Kier alpha value is -4.01. The van der Waals surface area contributed by atoms with E-state index in [9.17, 15) is 19.7 Å². The van der Waals surface area contributed by atoms with E-state index in [1.54, 1.807) is 12.1 Å². The molecule has 2 aromatic carbocycles. The number of anilines is 1. The van der Waals surface area contributed by atoms with Gasteiger partial charge in [-0.1, -0.05) is 18.2 Å². The van der Waals surface area contributed by atoms with Crippen molar-refractivity contribution < 1.29 is 14.5 Å². The molecule has 1 aromatic heterocycles. The van der Waals surface area contributed by atoms with E-state index in [0.29, 0.717) is 11.4 Å². The number of hydrogen-bond donors (Lipinski definition) is 1. The number of aromatic nitrogens is 2. The molecule has 0 spiro atoms. The summed E-state index contributed by atoms with van der Waals surface area (Å²) in [6, 6.07) is 13.1. The van der Waals surface area contributed by atoms with Crippen LogP contribution in [0.15, 0.2) is 54.7 Å². The lowest BCUT2D eigenvalue weighted by atomic mass is 10.1. The Labute approximate surface area is 173 Å². The summed E-state index contributed by atoms with van der Waals surface area (Å²) in [5.41, 5.74) is 3.24. The highest BCUT2D eigenvalue weighted by molar-refractivity contribution is 5.98. The first kappa shape index (κ1) is 20.7. The van der Waals surface area contributed by atoms with E-state index in [1.165, 1.54) is 41.0 Å². The van der Waals surface area contributed by atoms with Crippen molar-refractivity contribution in [2.24, 2.45) is 0 Å². The number of carbonyl (C=O) groups is 2. The topological polar surface area (TPSA) is 110 Å². The molecule has 0 saturated heterocycles. The minimum Gasteiger partial charge on any atom is -0.331 e. The number of nitro groups is 1. The van der Waals surface area contributed by atoms with Crippen LogP contribution in [0.2, 0.25) is 0 Å². The van der Waals surface area contributed by atoms with Crippen LogP contribution in [0, 0.1) is 24.0 Å². The highest BCUT2D eigenvalue weighted by Gasteiger charge is 2.19. The van der Waals surface area contributed by atoms with Gasteiger partial charge in [0.15, 0.2) is 5.69 Å². The molecule has 0 saturated carbocycles. The largest absolute Gasteiger partial charge is 0.331 e. The number of aryl methyl sites for hydroxylation is 1. The molecule has 0 aliphatic carbocycles. The lowest BCUT2D eigenvalue weighted by Crippen LogP contribution is -2.35. The molecule has 1 heterocycles. The zero-order valence-electron chi connectivity index (χ0n) is 16.8. The number of non-ortho nitro benzene ring substituents is 1. The fourth-order valence-corrected chi connectivity index (χ4v) is 2.89. The predicted octanol–water partition coefficient (Wildman–Crippen LogP) is 3.11. The first-order valence-corrected chi connectivity index (χ1v) is 9.18. The van der Waals surface area contributed by atoms with Crippen molar-refractivity contribution in [1.29, 1.82) is 0 Å². The number of nitrogens with one attached hydrogen (secondary N) is 1. The number of likely N-dealkylation sites (N-methyl/N-ethyl adjacent to an activating group) is 1. The van der Waals surface area contributed by atoms with Gasteiger partial charge in [-0.3, -0.25) is 19.7 Å². The minimum atomic E-state index is -0.499. The number of nitrogens with zero attached hydrogens (tertiary/aromatic N) is 4. The Kier molecular flexibility index (Phi) is 5.91. The molecule has 9 nitrogen and oxygen atoms in total. The molecular formula is C21H21N5O4. The summed E-state index contributed by atoms with van der Waals surface area (Å²) in [7, 11) is 1.51. The Morgan fingerprint density at radius 1 is 1.17 bits per heavy atom. The zero-order valence-corrected chi connectivity index (χ0v) is 16.8.